The highest BCUT2D eigenvalue weighted by atomic mass is 32.1. The lowest BCUT2D eigenvalue weighted by Crippen LogP contribution is -2.37. The van der Waals surface area contributed by atoms with Crippen molar-refractivity contribution in [2.45, 2.75) is 18.8 Å². The summed E-state index contributed by atoms with van der Waals surface area (Å²) in [5.41, 5.74) is 3.87. The molecule has 176 valence electrons. The molecule has 4 aromatic rings. The van der Waals surface area contributed by atoms with E-state index in [9.17, 15) is 4.79 Å². The zero-order valence-electron chi connectivity index (χ0n) is 19.4. The SMILES string of the molecule is O=C(NC(=S)Nc1cccc(OCCCc2ccccc2)c1)C(c1ccccc1)c1ccccc1. The minimum Gasteiger partial charge on any atom is -0.494 e. The van der Waals surface area contributed by atoms with E-state index in [1.807, 2.05) is 91.0 Å². The lowest BCUT2D eigenvalue weighted by atomic mass is 9.90. The van der Waals surface area contributed by atoms with Gasteiger partial charge in [0, 0.05) is 11.8 Å². The maximum atomic E-state index is 13.2. The Bertz CT molecular complexity index is 1190. The average Bonchev–Trinajstić information content (AvgIpc) is 2.89. The van der Waals surface area contributed by atoms with Crippen molar-refractivity contribution in [3.63, 3.8) is 0 Å². The summed E-state index contributed by atoms with van der Waals surface area (Å²) in [5.74, 6) is 0.105. The quantitative estimate of drug-likeness (QED) is 0.217. The number of ether oxygens (including phenoxy) is 1. The molecule has 0 radical (unpaired) electrons. The fourth-order valence-corrected chi connectivity index (χ4v) is 4.13. The lowest BCUT2D eigenvalue weighted by molar-refractivity contribution is -0.120. The number of anilines is 1. The molecule has 0 aliphatic carbocycles. The summed E-state index contributed by atoms with van der Waals surface area (Å²) in [7, 11) is 0. The Morgan fingerprint density at radius 3 is 2.00 bits per heavy atom. The number of rotatable bonds is 9. The fraction of sp³-hybridized carbons (Fsp3) is 0.133. The molecule has 0 saturated heterocycles. The van der Waals surface area contributed by atoms with Crippen LogP contribution in [-0.4, -0.2) is 17.6 Å². The Balaban J connectivity index is 1.34. The van der Waals surface area contributed by atoms with E-state index in [2.05, 4.69) is 34.9 Å². The van der Waals surface area contributed by atoms with Crippen LogP contribution in [0, 0.1) is 0 Å². The van der Waals surface area contributed by atoms with E-state index in [0.717, 1.165) is 35.4 Å². The molecule has 4 rings (SSSR count). The number of hydrogen-bond donors (Lipinski definition) is 2. The van der Waals surface area contributed by atoms with Crippen LogP contribution in [0.1, 0.15) is 29.0 Å². The number of amides is 1. The average molecular weight is 481 g/mol. The van der Waals surface area contributed by atoms with E-state index < -0.39 is 5.92 Å². The van der Waals surface area contributed by atoms with Gasteiger partial charge in [-0.3, -0.25) is 4.79 Å². The number of aryl methyl sites for hydroxylation is 1. The first-order chi connectivity index (χ1) is 17.2. The second kappa shape index (κ2) is 12.5. The van der Waals surface area contributed by atoms with E-state index in [4.69, 9.17) is 17.0 Å². The zero-order chi connectivity index (χ0) is 24.3. The minimum atomic E-state index is -0.462. The van der Waals surface area contributed by atoms with Crippen molar-refractivity contribution in [1.82, 2.24) is 5.32 Å². The molecule has 0 saturated carbocycles. The van der Waals surface area contributed by atoms with Crippen LogP contribution < -0.4 is 15.4 Å². The number of carbonyl (C=O) groups excluding carboxylic acids is 1. The molecule has 0 spiro atoms. The highest BCUT2D eigenvalue weighted by molar-refractivity contribution is 7.80. The van der Waals surface area contributed by atoms with Crippen molar-refractivity contribution >= 4 is 28.9 Å². The first-order valence-electron chi connectivity index (χ1n) is 11.7. The number of thiocarbonyl (C=S) groups is 1. The van der Waals surface area contributed by atoms with Crippen LogP contribution >= 0.6 is 12.2 Å². The molecule has 0 aliphatic rings. The normalized spacial score (nSPS) is 10.5. The van der Waals surface area contributed by atoms with Crippen molar-refractivity contribution in [3.8, 4) is 5.75 Å². The van der Waals surface area contributed by atoms with Crippen molar-refractivity contribution in [2.24, 2.45) is 0 Å². The summed E-state index contributed by atoms with van der Waals surface area (Å²) in [6.45, 7) is 0.620. The van der Waals surface area contributed by atoms with Gasteiger partial charge in [-0.25, -0.2) is 0 Å². The summed E-state index contributed by atoms with van der Waals surface area (Å²) in [6, 6.07) is 37.4. The lowest BCUT2D eigenvalue weighted by Gasteiger charge is -2.19. The van der Waals surface area contributed by atoms with Crippen LogP contribution in [0.3, 0.4) is 0 Å². The maximum absolute atomic E-state index is 13.2. The molecule has 0 aromatic heterocycles. The second-order valence-electron chi connectivity index (χ2n) is 8.16. The third kappa shape index (κ3) is 7.26. The number of carbonyl (C=O) groups is 1. The van der Waals surface area contributed by atoms with Gasteiger partial charge in [0.15, 0.2) is 5.11 Å². The molecular formula is C30H28N2O2S. The Kier molecular flexibility index (Phi) is 8.63. The summed E-state index contributed by atoms with van der Waals surface area (Å²) in [6.07, 6.45) is 1.90. The van der Waals surface area contributed by atoms with Gasteiger partial charge >= 0.3 is 0 Å². The zero-order valence-corrected chi connectivity index (χ0v) is 20.2. The Labute approximate surface area is 212 Å². The molecule has 5 heteroatoms. The smallest absolute Gasteiger partial charge is 0.238 e. The molecule has 0 aliphatic heterocycles. The van der Waals surface area contributed by atoms with Crippen LogP contribution in [0.5, 0.6) is 5.75 Å². The van der Waals surface area contributed by atoms with Gasteiger partial charge in [-0.05, 0) is 53.9 Å². The third-order valence-electron chi connectivity index (χ3n) is 5.58. The van der Waals surface area contributed by atoms with Crippen molar-refractivity contribution in [2.75, 3.05) is 11.9 Å². The van der Waals surface area contributed by atoms with Crippen LogP contribution in [0.2, 0.25) is 0 Å². The van der Waals surface area contributed by atoms with Crippen molar-refractivity contribution in [1.29, 1.82) is 0 Å². The van der Waals surface area contributed by atoms with Gasteiger partial charge in [-0.2, -0.15) is 0 Å². The van der Waals surface area contributed by atoms with Gasteiger partial charge in [0.25, 0.3) is 0 Å². The van der Waals surface area contributed by atoms with Crippen LogP contribution in [0.25, 0.3) is 0 Å². The van der Waals surface area contributed by atoms with Crippen LogP contribution in [-0.2, 0) is 11.2 Å². The molecule has 4 aromatic carbocycles. The molecule has 0 unspecified atom stereocenters. The van der Waals surface area contributed by atoms with E-state index >= 15 is 0 Å². The monoisotopic (exact) mass is 480 g/mol. The van der Waals surface area contributed by atoms with E-state index in [-0.39, 0.29) is 11.0 Å². The molecule has 0 bridgehead atoms. The fourth-order valence-electron chi connectivity index (χ4n) is 3.91. The van der Waals surface area contributed by atoms with E-state index in [1.54, 1.807) is 0 Å². The number of hydrogen-bond acceptors (Lipinski definition) is 3. The summed E-state index contributed by atoms with van der Waals surface area (Å²) >= 11 is 5.45. The van der Waals surface area contributed by atoms with Crippen LogP contribution in [0.4, 0.5) is 5.69 Å². The topological polar surface area (TPSA) is 50.4 Å². The van der Waals surface area contributed by atoms with Gasteiger partial charge in [-0.1, -0.05) is 97.1 Å². The molecule has 1 amide bonds. The Hall–Kier alpha value is -3.96. The Morgan fingerprint density at radius 1 is 0.771 bits per heavy atom. The molecule has 0 atom stereocenters. The van der Waals surface area contributed by atoms with Gasteiger partial charge in [0.1, 0.15) is 5.75 Å². The molecule has 4 nitrogen and oxygen atoms in total. The molecule has 35 heavy (non-hydrogen) atoms. The first kappa shape index (κ1) is 24.2. The number of benzene rings is 4. The van der Waals surface area contributed by atoms with Gasteiger partial charge < -0.3 is 15.4 Å². The largest absolute Gasteiger partial charge is 0.494 e. The highest BCUT2D eigenvalue weighted by Crippen LogP contribution is 2.25. The second-order valence-corrected chi connectivity index (χ2v) is 8.57. The molecule has 0 fully saturated rings. The van der Waals surface area contributed by atoms with Gasteiger partial charge in [0.05, 0.1) is 12.5 Å². The van der Waals surface area contributed by atoms with Crippen LogP contribution in [0.15, 0.2) is 115 Å². The Morgan fingerprint density at radius 2 is 1.37 bits per heavy atom. The van der Waals surface area contributed by atoms with Crippen molar-refractivity contribution < 1.29 is 9.53 Å². The van der Waals surface area contributed by atoms with Crippen molar-refractivity contribution in [3.05, 3.63) is 132 Å². The molecule has 0 heterocycles. The summed E-state index contributed by atoms with van der Waals surface area (Å²) in [4.78, 5) is 13.2. The van der Waals surface area contributed by atoms with Gasteiger partial charge in [0.2, 0.25) is 5.91 Å². The predicted octanol–water partition coefficient (Wildman–Crippen LogP) is 6.34. The first-order valence-corrected chi connectivity index (χ1v) is 12.1. The summed E-state index contributed by atoms with van der Waals surface area (Å²) in [5, 5.41) is 6.21. The highest BCUT2D eigenvalue weighted by Gasteiger charge is 2.23. The van der Waals surface area contributed by atoms with Gasteiger partial charge in [-0.15, -0.1) is 0 Å². The summed E-state index contributed by atoms with van der Waals surface area (Å²) < 4.78 is 5.91. The van der Waals surface area contributed by atoms with E-state index in [0.29, 0.717) is 6.61 Å². The number of nitrogens with one attached hydrogen (secondary N) is 2. The third-order valence-corrected chi connectivity index (χ3v) is 5.78. The minimum absolute atomic E-state index is 0.187. The predicted molar refractivity (Wildman–Crippen MR) is 146 cm³/mol. The molecular weight excluding hydrogens is 452 g/mol. The maximum Gasteiger partial charge on any atom is 0.238 e. The standard InChI is InChI=1S/C30H28N2O2S/c33-29(28(24-15-6-2-7-16-24)25-17-8-3-9-18-25)32-30(35)31-26-19-10-20-27(22-26)34-21-11-14-23-12-4-1-5-13-23/h1-10,12-13,15-20,22,28H,11,14,21H2,(H2,31,32,33,35). The molecule has 2 N–H and O–H groups in total. The van der Waals surface area contributed by atoms with E-state index in [1.165, 1.54) is 5.56 Å².